The molecule has 0 aliphatic heterocycles. The van der Waals surface area contributed by atoms with Crippen LogP contribution < -0.4 is 0 Å². The van der Waals surface area contributed by atoms with E-state index in [1.54, 1.807) is 0 Å². The second-order valence-electron chi connectivity index (χ2n) is 5.96. The van der Waals surface area contributed by atoms with Crippen molar-refractivity contribution >= 4 is 27.6 Å². The van der Waals surface area contributed by atoms with Gasteiger partial charge in [0, 0.05) is 12.1 Å². The van der Waals surface area contributed by atoms with Crippen molar-refractivity contribution in [1.82, 2.24) is 4.31 Å². The average Bonchev–Trinajstić information content (AvgIpc) is 2.55. The summed E-state index contributed by atoms with van der Waals surface area (Å²) in [6.07, 6.45) is 0.0895. The van der Waals surface area contributed by atoms with Gasteiger partial charge >= 0.3 is 5.97 Å². The molecular formula is C18H20ClNO4S. The van der Waals surface area contributed by atoms with Crippen molar-refractivity contribution in [3.05, 3.63) is 64.2 Å². The monoisotopic (exact) mass is 381 g/mol. The number of hydrogen-bond donors (Lipinski definition) is 1. The number of hydrogen-bond acceptors (Lipinski definition) is 3. The Morgan fingerprint density at radius 1 is 1.16 bits per heavy atom. The molecule has 0 radical (unpaired) electrons. The number of aliphatic carboxylic acids is 1. The minimum Gasteiger partial charge on any atom is -0.480 e. The maximum absolute atomic E-state index is 12.8. The Balaban J connectivity index is 2.37. The first-order valence-corrected chi connectivity index (χ1v) is 9.47. The summed E-state index contributed by atoms with van der Waals surface area (Å²) in [7, 11) is -2.66. The summed E-state index contributed by atoms with van der Waals surface area (Å²) in [5, 5.41) is 10.0. The Morgan fingerprint density at radius 2 is 1.76 bits per heavy atom. The van der Waals surface area contributed by atoms with Crippen molar-refractivity contribution < 1.29 is 18.3 Å². The molecule has 0 spiro atoms. The highest BCUT2D eigenvalue weighted by atomic mass is 35.5. The zero-order chi connectivity index (χ0) is 18.8. The Hall–Kier alpha value is -1.89. The van der Waals surface area contributed by atoms with Crippen LogP contribution in [0.5, 0.6) is 0 Å². The topological polar surface area (TPSA) is 74.7 Å². The maximum atomic E-state index is 12.8. The van der Waals surface area contributed by atoms with E-state index >= 15 is 0 Å². The lowest BCUT2D eigenvalue weighted by atomic mass is 9.99. The molecule has 0 bridgehead atoms. The summed E-state index contributed by atoms with van der Waals surface area (Å²) in [5.41, 5.74) is 2.73. The molecule has 1 unspecified atom stereocenters. The molecule has 134 valence electrons. The van der Waals surface area contributed by atoms with E-state index in [4.69, 9.17) is 11.6 Å². The van der Waals surface area contributed by atoms with Crippen molar-refractivity contribution in [3.8, 4) is 0 Å². The fourth-order valence-electron chi connectivity index (χ4n) is 2.54. The fourth-order valence-corrected chi connectivity index (χ4v) is 3.98. The van der Waals surface area contributed by atoms with E-state index in [-0.39, 0.29) is 11.3 Å². The maximum Gasteiger partial charge on any atom is 0.322 e. The second kappa shape index (κ2) is 7.56. The number of halogens is 1. The Morgan fingerprint density at radius 3 is 2.32 bits per heavy atom. The van der Waals surface area contributed by atoms with Crippen molar-refractivity contribution in [2.24, 2.45) is 0 Å². The number of aryl methyl sites for hydroxylation is 2. The second-order valence-corrected chi connectivity index (χ2v) is 8.40. The first-order valence-electron chi connectivity index (χ1n) is 7.65. The normalized spacial score (nSPS) is 13.0. The van der Waals surface area contributed by atoms with Crippen LogP contribution >= 0.6 is 11.6 Å². The molecule has 0 amide bonds. The molecule has 0 heterocycles. The number of nitrogens with zero attached hydrogens (tertiary/aromatic N) is 1. The minimum atomic E-state index is -3.95. The quantitative estimate of drug-likeness (QED) is 0.833. The highest BCUT2D eigenvalue weighted by Crippen LogP contribution is 2.22. The van der Waals surface area contributed by atoms with Gasteiger partial charge < -0.3 is 5.11 Å². The zero-order valence-electron chi connectivity index (χ0n) is 14.2. The van der Waals surface area contributed by atoms with Crippen molar-refractivity contribution in [1.29, 1.82) is 0 Å². The standard InChI is InChI=1S/C18H20ClNO4S/c1-12-4-5-13(2)14(10-12)11-17(18(21)22)20(3)25(23,24)16-8-6-15(19)7-9-16/h4-10,17H,11H2,1-3H3,(H,21,22). The van der Waals surface area contributed by atoms with Gasteiger partial charge in [-0.05, 0) is 55.7 Å². The molecule has 1 N–H and O–H groups in total. The van der Waals surface area contributed by atoms with Gasteiger partial charge in [-0.3, -0.25) is 4.79 Å². The van der Waals surface area contributed by atoms with Crippen LogP contribution in [0.1, 0.15) is 16.7 Å². The molecule has 5 nitrogen and oxygen atoms in total. The molecule has 7 heteroatoms. The summed E-state index contributed by atoms with van der Waals surface area (Å²) >= 11 is 5.79. The van der Waals surface area contributed by atoms with Gasteiger partial charge in [0.25, 0.3) is 0 Å². The Labute approximate surface area is 152 Å². The highest BCUT2D eigenvalue weighted by molar-refractivity contribution is 7.89. The predicted molar refractivity (Wildman–Crippen MR) is 97.4 cm³/mol. The zero-order valence-corrected chi connectivity index (χ0v) is 15.8. The number of carbonyl (C=O) groups is 1. The number of likely N-dealkylation sites (N-methyl/N-ethyl adjacent to an activating group) is 1. The molecule has 0 aliphatic carbocycles. The van der Waals surface area contributed by atoms with Gasteiger partial charge in [0.1, 0.15) is 6.04 Å². The summed E-state index contributed by atoms with van der Waals surface area (Å²) in [6, 6.07) is 10.2. The molecule has 2 aromatic rings. The fraction of sp³-hybridized carbons (Fsp3) is 0.278. The van der Waals surface area contributed by atoms with Crippen LogP contribution in [0.3, 0.4) is 0 Å². The molecular weight excluding hydrogens is 362 g/mol. The smallest absolute Gasteiger partial charge is 0.322 e. The lowest BCUT2D eigenvalue weighted by Gasteiger charge is -2.25. The van der Waals surface area contributed by atoms with Crippen LogP contribution in [0.2, 0.25) is 5.02 Å². The van der Waals surface area contributed by atoms with Gasteiger partial charge in [-0.1, -0.05) is 35.4 Å². The highest BCUT2D eigenvalue weighted by Gasteiger charge is 2.33. The van der Waals surface area contributed by atoms with E-state index in [1.807, 2.05) is 32.0 Å². The molecule has 0 saturated carbocycles. The third kappa shape index (κ3) is 4.39. The van der Waals surface area contributed by atoms with Gasteiger partial charge in [0.05, 0.1) is 4.90 Å². The summed E-state index contributed by atoms with van der Waals surface area (Å²) in [4.78, 5) is 11.8. The average molecular weight is 382 g/mol. The number of carboxylic acids is 1. The third-order valence-corrected chi connectivity index (χ3v) is 6.27. The molecule has 2 rings (SSSR count). The van der Waals surface area contributed by atoms with E-state index < -0.39 is 22.0 Å². The lowest BCUT2D eigenvalue weighted by Crippen LogP contribution is -2.43. The van der Waals surface area contributed by atoms with Gasteiger partial charge in [-0.15, -0.1) is 0 Å². The Bertz CT molecular complexity index is 878. The van der Waals surface area contributed by atoms with Crippen LogP contribution in [0.4, 0.5) is 0 Å². The van der Waals surface area contributed by atoms with E-state index in [0.717, 1.165) is 21.0 Å². The van der Waals surface area contributed by atoms with Gasteiger partial charge in [-0.25, -0.2) is 8.42 Å². The van der Waals surface area contributed by atoms with Crippen molar-refractivity contribution in [3.63, 3.8) is 0 Å². The van der Waals surface area contributed by atoms with Gasteiger partial charge in [0.15, 0.2) is 0 Å². The van der Waals surface area contributed by atoms with Crippen LogP contribution in [-0.2, 0) is 21.2 Å². The summed E-state index contributed by atoms with van der Waals surface area (Å²) < 4.78 is 26.4. The van der Waals surface area contributed by atoms with Gasteiger partial charge in [0.2, 0.25) is 10.0 Å². The van der Waals surface area contributed by atoms with Crippen molar-refractivity contribution in [2.75, 3.05) is 7.05 Å². The molecule has 2 aromatic carbocycles. The minimum absolute atomic E-state index is 0.00612. The molecule has 1 atom stereocenters. The Kier molecular flexibility index (Phi) is 5.87. The molecule has 0 aliphatic rings. The largest absolute Gasteiger partial charge is 0.480 e. The number of rotatable bonds is 6. The number of benzene rings is 2. The van der Waals surface area contributed by atoms with Crippen LogP contribution in [0, 0.1) is 13.8 Å². The first kappa shape index (κ1) is 19.4. The van der Waals surface area contributed by atoms with E-state index in [1.165, 1.54) is 31.3 Å². The summed E-state index contributed by atoms with van der Waals surface area (Å²) in [6.45, 7) is 3.79. The predicted octanol–water partition coefficient (Wildman–Crippen LogP) is 3.27. The van der Waals surface area contributed by atoms with Crippen LogP contribution in [-0.4, -0.2) is 36.9 Å². The third-order valence-electron chi connectivity index (χ3n) is 4.13. The van der Waals surface area contributed by atoms with Crippen molar-refractivity contribution in [2.45, 2.75) is 31.2 Å². The first-order chi connectivity index (χ1) is 11.6. The molecule has 0 saturated heterocycles. The lowest BCUT2D eigenvalue weighted by molar-refractivity contribution is -0.141. The number of sulfonamides is 1. The van der Waals surface area contributed by atoms with E-state index in [2.05, 4.69) is 0 Å². The van der Waals surface area contributed by atoms with Gasteiger partial charge in [-0.2, -0.15) is 4.31 Å². The SMILES string of the molecule is Cc1ccc(C)c(CC(C(=O)O)N(C)S(=O)(=O)c2ccc(Cl)cc2)c1. The van der Waals surface area contributed by atoms with E-state index in [9.17, 15) is 18.3 Å². The molecule has 0 fully saturated rings. The molecule has 0 aromatic heterocycles. The number of carboxylic acid groups (broad SMARTS) is 1. The van der Waals surface area contributed by atoms with Crippen LogP contribution in [0.25, 0.3) is 0 Å². The summed E-state index contributed by atoms with van der Waals surface area (Å²) in [5.74, 6) is -1.19. The molecule has 25 heavy (non-hydrogen) atoms. The van der Waals surface area contributed by atoms with E-state index in [0.29, 0.717) is 5.02 Å². The van der Waals surface area contributed by atoms with Crippen LogP contribution in [0.15, 0.2) is 47.4 Å².